The van der Waals surface area contributed by atoms with Crippen LogP contribution < -0.4 is 5.48 Å². The Morgan fingerprint density at radius 3 is 2.35 bits per heavy atom. The summed E-state index contributed by atoms with van der Waals surface area (Å²) < 4.78 is 5.38. The van der Waals surface area contributed by atoms with Crippen molar-refractivity contribution in [2.45, 2.75) is 53.4 Å². The molecule has 130 valence electrons. The van der Waals surface area contributed by atoms with E-state index >= 15 is 0 Å². The average Bonchev–Trinajstić information content (AvgIpc) is 2.51. The standard InChI is InChI=1S/C19H31NO3/c1-5-6-7-15-8-10-16(11-9-15)12-17(13-20-22)14-23-18(21)19(2,3)4/h8-11,17,20,22H,5-7,12-14H2,1-4H3. The molecule has 1 rings (SSSR count). The van der Waals surface area contributed by atoms with Crippen molar-refractivity contribution in [3.63, 3.8) is 0 Å². The third-order valence-electron chi connectivity index (χ3n) is 3.81. The second-order valence-corrected chi connectivity index (χ2v) is 7.20. The van der Waals surface area contributed by atoms with E-state index in [9.17, 15) is 4.79 Å². The molecule has 0 heterocycles. The maximum Gasteiger partial charge on any atom is 0.311 e. The van der Waals surface area contributed by atoms with Crippen LogP contribution in [0.15, 0.2) is 24.3 Å². The molecule has 0 saturated carbocycles. The highest BCUT2D eigenvalue weighted by Gasteiger charge is 2.24. The molecule has 4 heteroatoms. The molecule has 0 aliphatic heterocycles. The second kappa shape index (κ2) is 9.68. The minimum atomic E-state index is -0.502. The molecule has 0 aliphatic carbocycles. The number of hydroxylamine groups is 1. The zero-order valence-corrected chi connectivity index (χ0v) is 14.9. The number of aryl methyl sites for hydroxylation is 1. The quantitative estimate of drug-likeness (QED) is 0.537. The topological polar surface area (TPSA) is 58.6 Å². The average molecular weight is 321 g/mol. The third-order valence-corrected chi connectivity index (χ3v) is 3.81. The SMILES string of the molecule is CCCCc1ccc(CC(CNO)COC(=O)C(C)(C)C)cc1. The van der Waals surface area contributed by atoms with Crippen LogP contribution in [0.2, 0.25) is 0 Å². The number of rotatable bonds is 9. The largest absolute Gasteiger partial charge is 0.465 e. The second-order valence-electron chi connectivity index (χ2n) is 7.20. The zero-order chi connectivity index (χ0) is 17.3. The van der Waals surface area contributed by atoms with Crippen molar-refractivity contribution >= 4 is 5.97 Å². The summed E-state index contributed by atoms with van der Waals surface area (Å²) in [6.45, 7) is 8.41. The summed E-state index contributed by atoms with van der Waals surface area (Å²) in [5, 5.41) is 8.99. The van der Waals surface area contributed by atoms with Crippen molar-refractivity contribution < 1.29 is 14.7 Å². The Morgan fingerprint density at radius 1 is 1.22 bits per heavy atom. The number of unbranched alkanes of at least 4 members (excludes halogenated alkanes) is 1. The molecule has 1 aromatic carbocycles. The molecule has 0 saturated heterocycles. The van der Waals surface area contributed by atoms with E-state index in [1.54, 1.807) is 0 Å². The van der Waals surface area contributed by atoms with Gasteiger partial charge in [0.2, 0.25) is 0 Å². The predicted molar refractivity (Wildman–Crippen MR) is 92.5 cm³/mol. The van der Waals surface area contributed by atoms with Crippen LogP contribution in [-0.4, -0.2) is 24.3 Å². The van der Waals surface area contributed by atoms with E-state index in [0.717, 1.165) is 12.8 Å². The lowest BCUT2D eigenvalue weighted by atomic mass is 9.96. The van der Waals surface area contributed by atoms with Gasteiger partial charge in [-0.25, -0.2) is 5.48 Å². The maximum atomic E-state index is 11.9. The minimum Gasteiger partial charge on any atom is -0.465 e. The monoisotopic (exact) mass is 321 g/mol. The number of carbonyl (C=O) groups is 1. The molecule has 23 heavy (non-hydrogen) atoms. The lowest BCUT2D eigenvalue weighted by Gasteiger charge is -2.21. The minimum absolute atomic E-state index is 0.0489. The normalized spacial score (nSPS) is 12.9. The van der Waals surface area contributed by atoms with Gasteiger partial charge in [-0.3, -0.25) is 4.79 Å². The number of hydrogen-bond donors (Lipinski definition) is 2. The van der Waals surface area contributed by atoms with E-state index in [4.69, 9.17) is 9.94 Å². The Morgan fingerprint density at radius 2 is 1.83 bits per heavy atom. The van der Waals surface area contributed by atoms with Gasteiger partial charge in [-0.2, -0.15) is 0 Å². The molecule has 1 aromatic rings. The molecule has 0 amide bonds. The van der Waals surface area contributed by atoms with Gasteiger partial charge >= 0.3 is 5.97 Å². The van der Waals surface area contributed by atoms with Crippen molar-refractivity contribution in [3.05, 3.63) is 35.4 Å². The van der Waals surface area contributed by atoms with Crippen molar-refractivity contribution in [2.75, 3.05) is 13.2 Å². The fourth-order valence-corrected chi connectivity index (χ4v) is 2.29. The Bertz CT molecular complexity index is 462. The van der Waals surface area contributed by atoms with E-state index in [-0.39, 0.29) is 11.9 Å². The Hall–Kier alpha value is -1.39. The van der Waals surface area contributed by atoms with Crippen molar-refractivity contribution in [1.29, 1.82) is 0 Å². The molecule has 0 bridgehead atoms. The van der Waals surface area contributed by atoms with Crippen LogP contribution in [0.3, 0.4) is 0 Å². The predicted octanol–water partition coefficient (Wildman–Crippen LogP) is 3.76. The number of carbonyl (C=O) groups excluding carboxylic acids is 1. The zero-order valence-electron chi connectivity index (χ0n) is 14.9. The van der Waals surface area contributed by atoms with E-state index < -0.39 is 5.41 Å². The summed E-state index contributed by atoms with van der Waals surface area (Å²) >= 11 is 0. The van der Waals surface area contributed by atoms with Crippen LogP contribution in [0.25, 0.3) is 0 Å². The van der Waals surface area contributed by atoms with E-state index in [1.807, 2.05) is 20.8 Å². The van der Waals surface area contributed by atoms with Gasteiger partial charge in [0.25, 0.3) is 0 Å². The molecular formula is C19H31NO3. The molecule has 0 fully saturated rings. The van der Waals surface area contributed by atoms with Gasteiger partial charge < -0.3 is 9.94 Å². The lowest BCUT2D eigenvalue weighted by molar-refractivity contribution is -0.154. The van der Waals surface area contributed by atoms with Crippen LogP contribution in [0.1, 0.15) is 51.7 Å². The van der Waals surface area contributed by atoms with Crippen molar-refractivity contribution in [3.8, 4) is 0 Å². The highest BCUT2D eigenvalue weighted by molar-refractivity contribution is 5.75. The molecule has 1 atom stereocenters. The number of nitrogens with one attached hydrogen (secondary N) is 1. The summed E-state index contributed by atoms with van der Waals surface area (Å²) in [6, 6.07) is 8.58. The van der Waals surface area contributed by atoms with Crippen LogP contribution in [0.4, 0.5) is 0 Å². The van der Waals surface area contributed by atoms with Gasteiger partial charge in [0, 0.05) is 12.5 Å². The van der Waals surface area contributed by atoms with Crippen LogP contribution in [-0.2, 0) is 22.4 Å². The maximum absolute atomic E-state index is 11.9. The summed E-state index contributed by atoms with van der Waals surface area (Å²) in [6.07, 6.45) is 4.28. The highest BCUT2D eigenvalue weighted by Crippen LogP contribution is 2.17. The van der Waals surface area contributed by atoms with E-state index in [2.05, 4.69) is 36.7 Å². The smallest absolute Gasteiger partial charge is 0.311 e. The summed E-state index contributed by atoms with van der Waals surface area (Å²) in [7, 11) is 0. The van der Waals surface area contributed by atoms with Gasteiger partial charge in [0.05, 0.1) is 12.0 Å². The third kappa shape index (κ3) is 7.62. The van der Waals surface area contributed by atoms with Crippen LogP contribution in [0, 0.1) is 11.3 Å². The fraction of sp³-hybridized carbons (Fsp3) is 0.632. The molecule has 0 aromatic heterocycles. The van der Waals surface area contributed by atoms with Crippen molar-refractivity contribution in [2.24, 2.45) is 11.3 Å². The first kappa shape index (κ1) is 19.7. The van der Waals surface area contributed by atoms with Gasteiger partial charge in [-0.05, 0) is 51.2 Å². The van der Waals surface area contributed by atoms with Gasteiger partial charge in [-0.15, -0.1) is 0 Å². The molecule has 0 spiro atoms. The number of benzene rings is 1. The van der Waals surface area contributed by atoms with Crippen molar-refractivity contribution in [1.82, 2.24) is 5.48 Å². The van der Waals surface area contributed by atoms with E-state index in [1.165, 1.54) is 24.0 Å². The molecule has 1 unspecified atom stereocenters. The number of hydrogen-bond acceptors (Lipinski definition) is 4. The van der Waals surface area contributed by atoms with Gasteiger partial charge in [0.1, 0.15) is 0 Å². The van der Waals surface area contributed by atoms with Crippen LogP contribution >= 0.6 is 0 Å². The Kier molecular flexibility index (Phi) is 8.28. The Balaban J connectivity index is 2.56. The first-order valence-corrected chi connectivity index (χ1v) is 8.48. The molecular weight excluding hydrogens is 290 g/mol. The lowest BCUT2D eigenvalue weighted by Crippen LogP contribution is -2.30. The highest BCUT2D eigenvalue weighted by atomic mass is 16.5. The number of ether oxygens (including phenoxy) is 1. The molecule has 0 aliphatic rings. The molecule has 0 radical (unpaired) electrons. The Labute approximate surface area is 140 Å². The first-order valence-electron chi connectivity index (χ1n) is 8.48. The molecule has 2 N–H and O–H groups in total. The molecule has 4 nitrogen and oxygen atoms in total. The summed E-state index contributed by atoms with van der Waals surface area (Å²) in [4.78, 5) is 11.9. The van der Waals surface area contributed by atoms with Gasteiger partial charge in [-0.1, -0.05) is 37.6 Å². The van der Waals surface area contributed by atoms with Gasteiger partial charge in [0.15, 0.2) is 0 Å². The summed E-state index contributed by atoms with van der Waals surface area (Å²) in [5.74, 6) is -0.164. The first-order chi connectivity index (χ1) is 10.9. The van der Waals surface area contributed by atoms with E-state index in [0.29, 0.717) is 13.2 Å². The van der Waals surface area contributed by atoms with Crippen LogP contribution in [0.5, 0.6) is 0 Å². The number of esters is 1. The summed E-state index contributed by atoms with van der Waals surface area (Å²) in [5.41, 5.74) is 4.24. The fourth-order valence-electron chi connectivity index (χ4n) is 2.29.